The Kier molecular flexibility index (Phi) is 3.47. The van der Waals surface area contributed by atoms with Crippen molar-refractivity contribution in [2.45, 2.75) is 20.0 Å². The average Bonchev–Trinajstić information content (AvgIpc) is 2.39. The van der Waals surface area contributed by atoms with Crippen LogP contribution >= 0.6 is 0 Å². The molecule has 1 unspecified atom stereocenters. The predicted octanol–water partition coefficient (Wildman–Crippen LogP) is 3.57. The van der Waals surface area contributed by atoms with Gasteiger partial charge < -0.3 is 4.74 Å². The molecule has 0 radical (unpaired) electrons. The van der Waals surface area contributed by atoms with Gasteiger partial charge in [-0.1, -0.05) is 56.0 Å². The fraction of sp³-hybridized carbons (Fsp3) is 0.188. The molecule has 2 heteroatoms. The van der Waals surface area contributed by atoms with Crippen LogP contribution in [0.25, 0.3) is 0 Å². The molecule has 3 rings (SSSR count). The molecule has 1 heterocycles. The number of ketones is 1. The third kappa shape index (κ3) is 2.14. The van der Waals surface area contributed by atoms with E-state index < -0.39 is 6.10 Å². The van der Waals surface area contributed by atoms with Gasteiger partial charge in [0.2, 0.25) is 0 Å². The van der Waals surface area contributed by atoms with Crippen LogP contribution in [0.2, 0.25) is 0 Å². The largest absolute Gasteiger partial charge is 0.478 e. The molecule has 0 bridgehead atoms. The molecule has 1 atom stereocenters. The van der Waals surface area contributed by atoms with Gasteiger partial charge in [-0.25, -0.2) is 0 Å². The van der Waals surface area contributed by atoms with E-state index in [1.165, 1.54) is 0 Å². The van der Waals surface area contributed by atoms with Gasteiger partial charge >= 0.3 is 0 Å². The van der Waals surface area contributed by atoms with Gasteiger partial charge in [-0.15, -0.1) is 0 Å². The van der Waals surface area contributed by atoms with Gasteiger partial charge in [0.05, 0.1) is 0 Å². The molecule has 0 saturated carbocycles. The smallest absolute Gasteiger partial charge is 0.182 e. The minimum atomic E-state index is -0.453. The number of para-hydroxylation sites is 1. The molecule has 2 aromatic rings. The van der Waals surface area contributed by atoms with Gasteiger partial charge in [0.15, 0.2) is 11.9 Å². The van der Waals surface area contributed by atoms with E-state index in [2.05, 4.69) is 0 Å². The van der Waals surface area contributed by atoms with Crippen molar-refractivity contribution >= 4 is 5.78 Å². The van der Waals surface area contributed by atoms with Crippen molar-refractivity contribution in [3.8, 4) is 5.75 Å². The van der Waals surface area contributed by atoms with Crippen LogP contribution in [-0.2, 0) is 11.2 Å². The first kappa shape index (κ1) is 12.4. The summed E-state index contributed by atoms with van der Waals surface area (Å²) in [6, 6.07) is 17.3. The molecule has 2 aromatic carbocycles. The van der Waals surface area contributed by atoms with Crippen LogP contribution in [0.3, 0.4) is 0 Å². The van der Waals surface area contributed by atoms with E-state index in [0.29, 0.717) is 6.42 Å². The molecule has 1 aliphatic heterocycles. The highest BCUT2D eigenvalue weighted by Crippen LogP contribution is 2.32. The molecule has 92 valence electrons. The van der Waals surface area contributed by atoms with E-state index >= 15 is 0 Å². The van der Waals surface area contributed by atoms with Crippen LogP contribution in [0.5, 0.6) is 5.75 Å². The van der Waals surface area contributed by atoms with Crippen LogP contribution in [0.4, 0.5) is 0 Å². The van der Waals surface area contributed by atoms with E-state index in [1.807, 2.05) is 54.6 Å². The highest BCUT2D eigenvalue weighted by atomic mass is 16.5. The predicted molar refractivity (Wildman–Crippen MR) is 71.7 cm³/mol. The molecule has 2 nitrogen and oxygen atoms in total. The SMILES string of the molecule is C.O=C1Cc2ccccc2OC1c1ccccc1. The lowest BCUT2D eigenvalue weighted by molar-refractivity contribution is -0.126. The Morgan fingerprint density at radius 2 is 1.61 bits per heavy atom. The number of rotatable bonds is 1. The molecule has 0 aromatic heterocycles. The molecule has 0 fully saturated rings. The maximum Gasteiger partial charge on any atom is 0.182 e. The summed E-state index contributed by atoms with van der Waals surface area (Å²) in [5, 5.41) is 0. The minimum absolute atomic E-state index is 0. The summed E-state index contributed by atoms with van der Waals surface area (Å²) in [6.45, 7) is 0. The molecule has 0 spiro atoms. The molecular formula is C16H16O2. The monoisotopic (exact) mass is 240 g/mol. The first-order chi connectivity index (χ1) is 8.34. The Hall–Kier alpha value is -2.09. The first-order valence-electron chi connectivity index (χ1n) is 5.67. The summed E-state index contributed by atoms with van der Waals surface area (Å²) < 4.78 is 5.78. The number of fused-ring (bicyclic) bond motifs is 1. The van der Waals surface area contributed by atoms with E-state index in [1.54, 1.807) is 0 Å². The van der Waals surface area contributed by atoms with Gasteiger partial charge in [0.25, 0.3) is 0 Å². The van der Waals surface area contributed by atoms with E-state index in [9.17, 15) is 4.79 Å². The molecule has 0 N–H and O–H groups in total. The normalized spacial score (nSPS) is 17.3. The lowest BCUT2D eigenvalue weighted by Crippen LogP contribution is -2.25. The van der Waals surface area contributed by atoms with Crippen molar-refractivity contribution in [2.24, 2.45) is 0 Å². The Morgan fingerprint density at radius 3 is 2.39 bits per heavy atom. The summed E-state index contributed by atoms with van der Waals surface area (Å²) in [4.78, 5) is 12.0. The summed E-state index contributed by atoms with van der Waals surface area (Å²) >= 11 is 0. The first-order valence-corrected chi connectivity index (χ1v) is 5.67. The topological polar surface area (TPSA) is 26.3 Å². The maximum atomic E-state index is 12.0. The highest BCUT2D eigenvalue weighted by Gasteiger charge is 2.28. The van der Waals surface area contributed by atoms with Crippen molar-refractivity contribution in [1.82, 2.24) is 0 Å². The maximum absolute atomic E-state index is 12.0. The van der Waals surface area contributed by atoms with Crippen LogP contribution < -0.4 is 4.74 Å². The third-order valence-corrected chi connectivity index (χ3v) is 2.98. The molecule has 0 amide bonds. The lowest BCUT2D eigenvalue weighted by atomic mass is 9.96. The van der Waals surface area contributed by atoms with Gasteiger partial charge in [0, 0.05) is 12.0 Å². The van der Waals surface area contributed by atoms with Crippen molar-refractivity contribution < 1.29 is 9.53 Å². The number of benzene rings is 2. The van der Waals surface area contributed by atoms with Crippen LogP contribution in [0, 0.1) is 0 Å². The van der Waals surface area contributed by atoms with Crippen molar-refractivity contribution in [2.75, 3.05) is 0 Å². The number of Topliss-reactive ketones (excluding diaryl/α,β-unsaturated/α-hetero) is 1. The standard InChI is InChI=1S/C15H12O2.CH4/c16-13-10-12-8-4-5-9-14(12)17-15(13)11-6-2-1-3-7-11;/h1-9,15H,10H2;1H4. The van der Waals surface area contributed by atoms with Crippen LogP contribution in [-0.4, -0.2) is 5.78 Å². The Labute approximate surface area is 107 Å². The Morgan fingerprint density at radius 1 is 0.944 bits per heavy atom. The molecule has 1 aliphatic rings. The van der Waals surface area contributed by atoms with Crippen molar-refractivity contribution in [3.05, 3.63) is 65.7 Å². The highest BCUT2D eigenvalue weighted by molar-refractivity contribution is 5.88. The van der Waals surface area contributed by atoms with Crippen LogP contribution in [0.1, 0.15) is 24.7 Å². The second-order valence-corrected chi connectivity index (χ2v) is 4.16. The number of carbonyl (C=O) groups excluding carboxylic acids is 1. The number of carbonyl (C=O) groups is 1. The lowest BCUT2D eigenvalue weighted by Gasteiger charge is -2.25. The molecular weight excluding hydrogens is 224 g/mol. The van der Waals surface area contributed by atoms with Crippen LogP contribution in [0.15, 0.2) is 54.6 Å². The van der Waals surface area contributed by atoms with E-state index in [-0.39, 0.29) is 13.2 Å². The summed E-state index contributed by atoms with van der Waals surface area (Å²) in [5.41, 5.74) is 1.90. The van der Waals surface area contributed by atoms with Gasteiger partial charge in [-0.3, -0.25) is 4.79 Å². The van der Waals surface area contributed by atoms with Gasteiger partial charge in [-0.05, 0) is 11.6 Å². The Balaban J connectivity index is 0.00000120. The second-order valence-electron chi connectivity index (χ2n) is 4.16. The zero-order valence-electron chi connectivity index (χ0n) is 9.30. The molecule has 0 saturated heterocycles. The summed E-state index contributed by atoms with van der Waals surface area (Å²) in [7, 11) is 0. The average molecular weight is 240 g/mol. The van der Waals surface area contributed by atoms with E-state index in [0.717, 1.165) is 16.9 Å². The molecule has 0 aliphatic carbocycles. The van der Waals surface area contributed by atoms with Crippen molar-refractivity contribution in [1.29, 1.82) is 0 Å². The molecule has 18 heavy (non-hydrogen) atoms. The Bertz CT molecular complexity index is 546. The summed E-state index contributed by atoms with van der Waals surface area (Å²) in [5.74, 6) is 0.941. The third-order valence-electron chi connectivity index (χ3n) is 2.98. The number of hydrogen-bond acceptors (Lipinski definition) is 2. The number of hydrogen-bond donors (Lipinski definition) is 0. The van der Waals surface area contributed by atoms with Gasteiger partial charge in [-0.2, -0.15) is 0 Å². The van der Waals surface area contributed by atoms with E-state index in [4.69, 9.17) is 4.74 Å². The number of ether oxygens (including phenoxy) is 1. The van der Waals surface area contributed by atoms with Gasteiger partial charge in [0.1, 0.15) is 5.75 Å². The zero-order chi connectivity index (χ0) is 11.7. The van der Waals surface area contributed by atoms with Crippen molar-refractivity contribution in [3.63, 3.8) is 0 Å². The fourth-order valence-corrected chi connectivity index (χ4v) is 2.12. The fourth-order valence-electron chi connectivity index (χ4n) is 2.12. The zero-order valence-corrected chi connectivity index (χ0v) is 9.30. The quantitative estimate of drug-likeness (QED) is 0.761. The summed E-state index contributed by atoms with van der Waals surface area (Å²) in [6.07, 6.45) is 0.00142. The second kappa shape index (κ2) is 5.05. The minimum Gasteiger partial charge on any atom is -0.478 e.